The Morgan fingerprint density at radius 2 is 1.89 bits per heavy atom. The molecule has 2 N–H and O–H groups in total. The first kappa shape index (κ1) is 12.6. The smallest absolute Gasteiger partial charge is 0.163 e. The Morgan fingerprint density at radius 3 is 2.56 bits per heavy atom. The molecule has 0 spiro atoms. The number of nitrogens with two attached hydrogens (primary N) is 1. The highest BCUT2D eigenvalue weighted by Gasteiger charge is 2.11. The third-order valence-electron chi connectivity index (χ3n) is 2.84. The largest absolute Gasteiger partial charge is 0.493 e. The van der Waals surface area contributed by atoms with Crippen molar-refractivity contribution in [3.8, 4) is 11.5 Å². The van der Waals surface area contributed by atoms with Crippen LogP contribution in [0.25, 0.3) is 11.0 Å². The van der Waals surface area contributed by atoms with Crippen LogP contribution in [0.3, 0.4) is 0 Å². The van der Waals surface area contributed by atoms with Gasteiger partial charge in [0.2, 0.25) is 0 Å². The molecule has 0 unspecified atom stereocenters. The highest BCUT2D eigenvalue weighted by molar-refractivity contribution is 5.79. The summed E-state index contributed by atoms with van der Waals surface area (Å²) < 4.78 is 12.4. The monoisotopic (exact) mass is 250 g/mol. The first-order chi connectivity index (χ1) is 8.80. The van der Waals surface area contributed by atoms with Gasteiger partial charge in [0.1, 0.15) is 5.52 Å². The molecule has 0 aliphatic carbocycles. The summed E-state index contributed by atoms with van der Waals surface area (Å²) in [7, 11) is 3.22. The zero-order chi connectivity index (χ0) is 13.0. The van der Waals surface area contributed by atoms with Crippen molar-refractivity contribution in [3.63, 3.8) is 0 Å². The number of hydrogen-bond acceptors (Lipinski definition) is 5. The van der Waals surface area contributed by atoms with Gasteiger partial charge < -0.3 is 15.2 Å². The van der Waals surface area contributed by atoms with Crippen molar-refractivity contribution in [2.75, 3.05) is 20.8 Å². The lowest BCUT2D eigenvalue weighted by Crippen LogP contribution is -2.04. The Hall–Kier alpha value is -1.82. The molecule has 1 heterocycles. The fraction of sp³-hybridized carbons (Fsp3) is 0.500. The van der Waals surface area contributed by atoms with E-state index in [1.165, 1.54) is 0 Å². The van der Waals surface area contributed by atoms with Gasteiger partial charge in [0.25, 0.3) is 0 Å². The molecule has 0 bridgehead atoms. The van der Waals surface area contributed by atoms with Crippen LogP contribution in [0, 0.1) is 0 Å². The zero-order valence-corrected chi connectivity index (χ0v) is 10.7. The molecular formula is C12H18N4O2. The van der Waals surface area contributed by atoms with Crippen molar-refractivity contribution in [3.05, 3.63) is 12.1 Å². The van der Waals surface area contributed by atoms with Gasteiger partial charge >= 0.3 is 0 Å². The summed E-state index contributed by atoms with van der Waals surface area (Å²) in [4.78, 5) is 0. The number of aryl methyl sites for hydroxylation is 1. The van der Waals surface area contributed by atoms with Gasteiger partial charge in [-0.3, -0.25) is 0 Å². The second kappa shape index (κ2) is 5.68. The van der Waals surface area contributed by atoms with Crippen LogP contribution in [0.4, 0.5) is 0 Å². The molecule has 0 fully saturated rings. The second-order valence-corrected chi connectivity index (χ2v) is 4.00. The van der Waals surface area contributed by atoms with Gasteiger partial charge in [-0.1, -0.05) is 5.21 Å². The third kappa shape index (κ3) is 2.38. The van der Waals surface area contributed by atoms with Gasteiger partial charge in [0.05, 0.1) is 19.7 Å². The van der Waals surface area contributed by atoms with Gasteiger partial charge in [-0.15, -0.1) is 5.10 Å². The van der Waals surface area contributed by atoms with E-state index >= 15 is 0 Å². The van der Waals surface area contributed by atoms with Crippen LogP contribution in [0.2, 0.25) is 0 Å². The van der Waals surface area contributed by atoms with Crippen LogP contribution in [0.15, 0.2) is 12.1 Å². The van der Waals surface area contributed by atoms with Crippen molar-refractivity contribution in [2.45, 2.75) is 19.4 Å². The molecule has 6 nitrogen and oxygen atoms in total. The normalized spacial score (nSPS) is 10.8. The second-order valence-electron chi connectivity index (χ2n) is 4.00. The van der Waals surface area contributed by atoms with E-state index in [9.17, 15) is 0 Å². The highest BCUT2D eigenvalue weighted by Crippen LogP contribution is 2.31. The molecule has 98 valence electrons. The lowest BCUT2D eigenvalue weighted by molar-refractivity contribution is 0.355. The molecule has 0 saturated carbocycles. The molecule has 2 rings (SSSR count). The molecule has 18 heavy (non-hydrogen) atoms. The van der Waals surface area contributed by atoms with E-state index < -0.39 is 0 Å². The highest BCUT2D eigenvalue weighted by atomic mass is 16.5. The average Bonchev–Trinajstić information content (AvgIpc) is 2.80. The molecule has 0 saturated heterocycles. The van der Waals surface area contributed by atoms with Crippen molar-refractivity contribution >= 4 is 11.0 Å². The van der Waals surface area contributed by atoms with Crippen molar-refractivity contribution in [1.29, 1.82) is 0 Å². The summed E-state index contributed by atoms with van der Waals surface area (Å²) in [5, 5.41) is 8.26. The van der Waals surface area contributed by atoms with Crippen LogP contribution >= 0.6 is 0 Å². The van der Waals surface area contributed by atoms with Crippen LogP contribution < -0.4 is 15.2 Å². The molecular weight excluding hydrogens is 232 g/mol. The molecule has 2 aromatic rings. The maximum Gasteiger partial charge on any atom is 0.163 e. The van der Waals surface area contributed by atoms with Crippen LogP contribution in [0.1, 0.15) is 12.8 Å². The number of nitrogens with zero attached hydrogens (tertiary/aromatic N) is 3. The van der Waals surface area contributed by atoms with Gasteiger partial charge in [-0.25, -0.2) is 4.68 Å². The molecule has 0 amide bonds. The number of methoxy groups -OCH3 is 2. The minimum Gasteiger partial charge on any atom is -0.493 e. The summed E-state index contributed by atoms with van der Waals surface area (Å²) in [5.41, 5.74) is 7.24. The first-order valence-corrected chi connectivity index (χ1v) is 5.95. The fourth-order valence-corrected chi connectivity index (χ4v) is 1.87. The van der Waals surface area contributed by atoms with E-state index in [0.29, 0.717) is 18.0 Å². The van der Waals surface area contributed by atoms with Crippen LogP contribution in [-0.2, 0) is 6.54 Å². The van der Waals surface area contributed by atoms with Gasteiger partial charge in [0.15, 0.2) is 11.5 Å². The predicted molar refractivity (Wildman–Crippen MR) is 68.9 cm³/mol. The van der Waals surface area contributed by atoms with Crippen LogP contribution in [0.5, 0.6) is 11.5 Å². The first-order valence-electron chi connectivity index (χ1n) is 5.95. The Bertz CT molecular complexity index is 524. The van der Waals surface area contributed by atoms with E-state index in [-0.39, 0.29) is 0 Å². The summed E-state index contributed by atoms with van der Waals surface area (Å²) >= 11 is 0. The van der Waals surface area contributed by atoms with Crippen molar-refractivity contribution in [1.82, 2.24) is 15.0 Å². The van der Waals surface area contributed by atoms with Gasteiger partial charge in [-0.2, -0.15) is 0 Å². The quantitative estimate of drug-likeness (QED) is 0.779. The zero-order valence-electron chi connectivity index (χ0n) is 10.7. The molecule has 0 aliphatic rings. The number of hydrogen-bond donors (Lipinski definition) is 1. The number of fused-ring (bicyclic) bond motifs is 1. The Balaban J connectivity index is 2.33. The summed E-state index contributed by atoms with van der Waals surface area (Å²) in [5.74, 6) is 1.35. The number of benzene rings is 1. The summed E-state index contributed by atoms with van der Waals surface area (Å²) in [6.45, 7) is 1.51. The Labute approximate surface area is 106 Å². The van der Waals surface area contributed by atoms with Gasteiger partial charge in [0, 0.05) is 18.7 Å². The van der Waals surface area contributed by atoms with Crippen molar-refractivity contribution in [2.24, 2.45) is 5.73 Å². The molecule has 6 heteroatoms. The number of ether oxygens (including phenoxy) is 2. The van der Waals surface area contributed by atoms with Crippen LogP contribution in [-0.4, -0.2) is 35.8 Å². The molecule has 0 atom stereocenters. The number of rotatable bonds is 6. The fourth-order valence-electron chi connectivity index (χ4n) is 1.87. The Kier molecular flexibility index (Phi) is 3.99. The van der Waals surface area contributed by atoms with E-state index in [0.717, 1.165) is 30.4 Å². The van der Waals surface area contributed by atoms with E-state index in [4.69, 9.17) is 15.2 Å². The summed E-state index contributed by atoms with van der Waals surface area (Å²) in [6, 6.07) is 3.73. The van der Waals surface area contributed by atoms with Crippen molar-refractivity contribution < 1.29 is 9.47 Å². The van der Waals surface area contributed by atoms with E-state index in [1.54, 1.807) is 14.2 Å². The standard InChI is InChI=1S/C12H18N4O2/c1-17-11-7-9-10(8-12(11)18-2)16(15-14-9)6-4-3-5-13/h7-8H,3-6,13H2,1-2H3. The maximum atomic E-state index is 5.48. The minimum atomic E-state index is 0.666. The Morgan fingerprint density at radius 1 is 1.17 bits per heavy atom. The third-order valence-corrected chi connectivity index (χ3v) is 2.84. The predicted octanol–water partition coefficient (Wildman–Crippen LogP) is 1.19. The molecule has 1 aromatic carbocycles. The molecule has 0 radical (unpaired) electrons. The maximum absolute atomic E-state index is 5.48. The lowest BCUT2D eigenvalue weighted by atomic mass is 10.2. The number of unbranched alkanes of at least 4 members (excludes halogenated alkanes) is 1. The van der Waals surface area contributed by atoms with Gasteiger partial charge in [-0.05, 0) is 19.4 Å². The van der Waals surface area contributed by atoms with E-state index in [2.05, 4.69) is 10.3 Å². The summed E-state index contributed by atoms with van der Waals surface area (Å²) in [6.07, 6.45) is 1.97. The number of aromatic nitrogens is 3. The average molecular weight is 250 g/mol. The molecule has 1 aromatic heterocycles. The minimum absolute atomic E-state index is 0.666. The lowest BCUT2D eigenvalue weighted by Gasteiger charge is -2.07. The SMILES string of the molecule is COc1cc2nnn(CCCCN)c2cc1OC. The van der Waals surface area contributed by atoms with E-state index in [1.807, 2.05) is 16.8 Å². The topological polar surface area (TPSA) is 75.2 Å². The molecule has 0 aliphatic heterocycles.